The third-order valence-corrected chi connectivity index (χ3v) is 2.54. The number of hydrogen-bond acceptors (Lipinski definition) is 3. The molecule has 0 aromatic heterocycles. The maximum Gasteiger partial charge on any atom is 0.0192 e. The fourth-order valence-electron chi connectivity index (χ4n) is 1.67. The summed E-state index contributed by atoms with van der Waals surface area (Å²) in [5.41, 5.74) is 5.45. The van der Waals surface area contributed by atoms with Crippen molar-refractivity contribution in [3.05, 3.63) is 0 Å². The first-order chi connectivity index (χ1) is 5.84. The van der Waals surface area contributed by atoms with Crippen LogP contribution in [0.3, 0.4) is 0 Å². The molecular formula is C9H21N3. The molecule has 0 aromatic rings. The second kappa shape index (κ2) is 5.51. The molecule has 0 radical (unpaired) electrons. The smallest absolute Gasteiger partial charge is 0.0192 e. The Balaban J connectivity index is 2.11. The summed E-state index contributed by atoms with van der Waals surface area (Å²) >= 11 is 0. The van der Waals surface area contributed by atoms with E-state index in [2.05, 4.69) is 17.1 Å². The third-order valence-electron chi connectivity index (χ3n) is 2.54. The molecule has 3 heteroatoms. The van der Waals surface area contributed by atoms with E-state index < -0.39 is 0 Å². The van der Waals surface area contributed by atoms with Gasteiger partial charge in [-0.05, 0) is 32.9 Å². The van der Waals surface area contributed by atoms with E-state index in [4.69, 9.17) is 5.73 Å². The van der Waals surface area contributed by atoms with Crippen molar-refractivity contribution in [2.75, 3.05) is 32.7 Å². The lowest BCUT2D eigenvalue weighted by Gasteiger charge is -2.33. The van der Waals surface area contributed by atoms with E-state index in [1.807, 2.05) is 0 Å². The summed E-state index contributed by atoms with van der Waals surface area (Å²) in [7, 11) is 0. The monoisotopic (exact) mass is 171 g/mol. The molecule has 1 saturated heterocycles. The molecular weight excluding hydrogens is 150 g/mol. The number of nitrogens with zero attached hydrogens (tertiary/aromatic N) is 1. The summed E-state index contributed by atoms with van der Waals surface area (Å²) in [5, 5.41) is 3.39. The van der Waals surface area contributed by atoms with Gasteiger partial charge in [0.05, 0.1) is 0 Å². The summed E-state index contributed by atoms with van der Waals surface area (Å²) in [5.74, 6) is 0. The van der Waals surface area contributed by atoms with Gasteiger partial charge in [0.15, 0.2) is 0 Å². The van der Waals surface area contributed by atoms with Gasteiger partial charge in [-0.3, -0.25) is 4.90 Å². The fourth-order valence-corrected chi connectivity index (χ4v) is 1.67. The van der Waals surface area contributed by atoms with Gasteiger partial charge in [-0.2, -0.15) is 0 Å². The van der Waals surface area contributed by atoms with Gasteiger partial charge in [-0.15, -0.1) is 0 Å². The molecule has 0 amide bonds. The van der Waals surface area contributed by atoms with Crippen LogP contribution in [0.25, 0.3) is 0 Å². The quantitative estimate of drug-likeness (QED) is 0.586. The van der Waals surface area contributed by atoms with Crippen LogP contribution in [0.1, 0.15) is 19.8 Å². The molecule has 0 bridgehead atoms. The van der Waals surface area contributed by atoms with Gasteiger partial charge in [0.2, 0.25) is 0 Å². The molecule has 0 aliphatic carbocycles. The Morgan fingerprint density at radius 1 is 1.50 bits per heavy atom. The number of hydrogen-bond donors (Lipinski definition) is 2. The van der Waals surface area contributed by atoms with Crippen LogP contribution in [-0.4, -0.2) is 43.7 Å². The van der Waals surface area contributed by atoms with E-state index in [9.17, 15) is 0 Å². The summed E-state index contributed by atoms with van der Waals surface area (Å²) in [4.78, 5) is 2.55. The maximum absolute atomic E-state index is 5.45. The Kier molecular flexibility index (Phi) is 4.58. The van der Waals surface area contributed by atoms with Crippen LogP contribution in [-0.2, 0) is 0 Å². The molecule has 1 fully saturated rings. The van der Waals surface area contributed by atoms with E-state index >= 15 is 0 Å². The number of unbranched alkanes of at least 4 members (excludes halogenated alkanes) is 1. The van der Waals surface area contributed by atoms with Crippen molar-refractivity contribution in [1.29, 1.82) is 0 Å². The molecule has 0 spiro atoms. The minimum absolute atomic E-state index is 0.705. The van der Waals surface area contributed by atoms with Gasteiger partial charge in [0, 0.05) is 25.7 Å². The van der Waals surface area contributed by atoms with Crippen molar-refractivity contribution in [2.24, 2.45) is 5.73 Å². The Morgan fingerprint density at radius 2 is 2.33 bits per heavy atom. The lowest BCUT2D eigenvalue weighted by Crippen LogP contribution is -2.49. The average molecular weight is 171 g/mol. The Labute approximate surface area is 75.3 Å². The van der Waals surface area contributed by atoms with E-state index in [0.29, 0.717) is 6.04 Å². The highest BCUT2D eigenvalue weighted by atomic mass is 15.2. The topological polar surface area (TPSA) is 41.3 Å². The number of nitrogens with two attached hydrogens (primary N) is 1. The molecule has 12 heavy (non-hydrogen) atoms. The minimum atomic E-state index is 0.705. The zero-order valence-corrected chi connectivity index (χ0v) is 8.05. The first kappa shape index (κ1) is 9.96. The van der Waals surface area contributed by atoms with E-state index in [0.717, 1.165) is 26.1 Å². The second-order valence-corrected chi connectivity index (χ2v) is 3.58. The van der Waals surface area contributed by atoms with E-state index in [1.54, 1.807) is 0 Å². The molecule has 1 heterocycles. The van der Waals surface area contributed by atoms with Gasteiger partial charge >= 0.3 is 0 Å². The van der Waals surface area contributed by atoms with Gasteiger partial charge < -0.3 is 11.1 Å². The molecule has 1 aliphatic heterocycles. The number of rotatable bonds is 4. The molecule has 1 rings (SSSR count). The van der Waals surface area contributed by atoms with Crippen molar-refractivity contribution in [3.63, 3.8) is 0 Å². The van der Waals surface area contributed by atoms with Crippen molar-refractivity contribution < 1.29 is 0 Å². The lowest BCUT2D eigenvalue weighted by atomic mass is 10.2. The van der Waals surface area contributed by atoms with Crippen LogP contribution in [0.5, 0.6) is 0 Å². The first-order valence-electron chi connectivity index (χ1n) is 4.99. The number of nitrogens with one attached hydrogen (secondary N) is 1. The van der Waals surface area contributed by atoms with Crippen LogP contribution >= 0.6 is 0 Å². The molecule has 3 nitrogen and oxygen atoms in total. The molecule has 0 aromatic carbocycles. The highest BCUT2D eigenvalue weighted by molar-refractivity contribution is 4.75. The van der Waals surface area contributed by atoms with Gasteiger partial charge in [-0.25, -0.2) is 0 Å². The lowest BCUT2D eigenvalue weighted by molar-refractivity contribution is 0.171. The Morgan fingerprint density at radius 3 is 3.00 bits per heavy atom. The van der Waals surface area contributed by atoms with E-state index in [1.165, 1.54) is 19.5 Å². The summed E-state index contributed by atoms with van der Waals surface area (Å²) in [6.45, 7) is 7.83. The molecule has 1 unspecified atom stereocenters. The van der Waals surface area contributed by atoms with Crippen molar-refractivity contribution in [3.8, 4) is 0 Å². The normalized spacial score (nSPS) is 26.0. The summed E-state index contributed by atoms with van der Waals surface area (Å²) in [6, 6.07) is 0.705. The zero-order chi connectivity index (χ0) is 8.81. The first-order valence-corrected chi connectivity index (χ1v) is 4.99. The zero-order valence-electron chi connectivity index (χ0n) is 8.05. The molecule has 3 N–H and O–H groups in total. The summed E-state index contributed by atoms with van der Waals surface area (Å²) in [6.07, 6.45) is 2.41. The van der Waals surface area contributed by atoms with Gasteiger partial charge in [-0.1, -0.05) is 0 Å². The van der Waals surface area contributed by atoms with Crippen molar-refractivity contribution in [1.82, 2.24) is 10.2 Å². The van der Waals surface area contributed by atoms with Crippen LogP contribution in [0.4, 0.5) is 0 Å². The van der Waals surface area contributed by atoms with Crippen LogP contribution in [0, 0.1) is 0 Å². The van der Waals surface area contributed by atoms with Gasteiger partial charge in [0.25, 0.3) is 0 Å². The standard InChI is InChI=1S/C9H21N3/c1-9-8-11-5-7-12(9)6-3-2-4-10/h9,11H,2-8,10H2,1H3. The Hall–Kier alpha value is -0.120. The third kappa shape index (κ3) is 3.09. The minimum Gasteiger partial charge on any atom is -0.330 e. The predicted molar refractivity (Wildman–Crippen MR) is 52.2 cm³/mol. The average Bonchev–Trinajstić information content (AvgIpc) is 2.09. The highest BCUT2D eigenvalue weighted by Crippen LogP contribution is 2.03. The van der Waals surface area contributed by atoms with Crippen LogP contribution in [0.15, 0.2) is 0 Å². The van der Waals surface area contributed by atoms with Crippen LogP contribution < -0.4 is 11.1 Å². The highest BCUT2D eigenvalue weighted by Gasteiger charge is 2.16. The molecule has 1 atom stereocenters. The van der Waals surface area contributed by atoms with Gasteiger partial charge in [0.1, 0.15) is 0 Å². The van der Waals surface area contributed by atoms with Crippen molar-refractivity contribution >= 4 is 0 Å². The van der Waals surface area contributed by atoms with E-state index in [-0.39, 0.29) is 0 Å². The van der Waals surface area contributed by atoms with Crippen LogP contribution in [0.2, 0.25) is 0 Å². The predicted octanol–water partition coefficient (Wildman–Crippen LogP) is 0.0190. The second-order valence-electron chi connectivity index (χ2n) is 3.58. The molecule has 72 valence electrons. The molecule has 0 saturated carbocycles. The largest absolute Gasteiger partial charge is 0.330 e. The number of piperazine rings is 1. The SMILES string of the molecule is CC1CNCCN1CCCCN. The fraction of sp³-hybridized carbons (Fsp3) is 1.00. The van der Waals surface area contributed by atoms with Crippen molar-refractivity contribution in [2.45, 2.75) is 25.8 Å². The maximum atomic E-state index is 5.45. The summed E-state index contributed by atoms with van der Waals surface area (Å²) < 4.78 is 0. The molecule has 1 aliphatic rings. The Bertz CT molecular complexity index is 116.